The maximum Gasteiger partial charge on any atom is 0.291 e. The molecule has 120 valence electrons. The summed E-state index contributed by atoms with van der Waals surface area (Å²) in [5.74, 6) is 1.11. The number of rotatable bonds is 6. The molecule has 0 bridgehead atoms. The van der Waals surface area contributed by atoms with E-state index in [1.165, 1.54) is 39.0 Å². The molecular formula is C15H16N4O4. The van der Waals surface area contributed by atoms with Crippen LogP contribution in [0.3, 0.4) is 0 Å². The fourth-order valence-electron chi connectivity index (χ4n) is 1.79. The monoisotopic (exact) mass is 316 g/mol. The highest BCUT2D eigenvalue weighted by molar-refractivity contribution is 5.93. The number of hydrazone groups is 1. The molecule has 0 spiro atoms. The van der Waals surface area contributed by atoms with Gasteiger partial charge < -0.3 is 14.2 Å². The van der Waals surface area contributed by atoms with Crippen LogP contribution in [0.4, 0.5) is 0 Å². The van der Waals surface area contributed by atoms with Crippen molar-refractivity contribution >= 4 is 12.1 Å². The summed E-state index contributed by atoms with van der Waals surface area (Å²) in [5, 5.41) is 3.90. The van der Waals surface area contributed by atoms with E-state index in [0.717, 1.165) is 0 Å². The van der Waals surface area contributed by atoms with Crippen LogP contribution in [0.25, 0.3) is 0 Å². The molecule has 1 aromatic heterocycles. The Kier molecular flexibility index (Phi) is 5.45. The third kappa shape index (κ3) is 3.94. The van der Waals surface area contributed by atoms with Gasteiger partial charge in [-0.1, -0.05) is 0 Å². The summed E-state index contributed by atoms with van der Waals surface area (Å²) in [7, 11) is 4.58. The SMILES string of the molecule is COc1cc(OC)c(/C=N\NC(=O)c2cnccn2)c(OC)c1. The van der Waals surface area contributed by atoms with Crippen molar-refractivity contribution in [1.29, 1.82) is 0 Å². The third-order valence-corrected chi connectivity index (χ3v) is 2.91. The van der Waals surface area contributed by atoms with E-state index in [9.17, 15) is 4.79 Å². The highest BCUT2D eigenvalue weighted by atomic mass is 16.5. The summed E-state index contributed by atoms with van der Waals surface area (Å²) >= 11 is 0. The molecule has 23 heavy (non-hydrogen) atoms. The van der Waals surface area contributed by atoms with Crippen LogP contribution in [0.15, 0.2) is 35.8 Å². The lowest BCUT2D eigenvalue weighted by Crippen LogP contribution is -2.19. The minimum Gasteiger partial charge on any atom is -0.496 e. The Bertz CT molecular complexity index is 679. The molecule has 0 aliphatic rings. The molecule has 1 aromatic carbocycles. The van der Waals surface area contributed by atoms with Gasteiger partial charge in [-0.2, -0.15) is 5.10 Å². The number of nitrogens with one attached hydrogen (secondary N) is 1. The maximum absolute atomic E-state index is 11.8. The first-order valence-electron chi connectivity index (χ1n) is 6.59. The Morgan fingerprint density at radius 1 is 1.13 bits per heavy atom. The van der Waals surface area contributed by atoms with Crippen molar-refractivity contribution in [2.45, 2.75) is 0 Å². The predicted molar refractivity (Wildman–Crippen MR) is 83.2 cm³/mol. The van der Waals surface area contributed by atoms with Crippen LogP contribution in [0.2, 0.25) is 0 Å². The second-order valence-electron chi connectivity index (χ2n) is 4.24. The summed E-state index contributed by atoms with van der Waals surface area (Å²) in [6.07, 6.45) is 5.67. The molecule has 1 heterocycles. The zero-order chi connectivity index (χ0) is 16.7. The second kappa shape index (κ2) is 7.74. The standard InChI is InChI=1S/C15H16N4O4/c1-21-10-6-13(22-2)11(14(7-10)23-3)8-18-19-15(20)12-9-16-4-5-17-12/h4-9H,1-3H3,(H,19,20)/b18-8-. The Morgan fingerprint density at radius 3 is 2.35 bits per heavy atom. The lowest BCUT2D eigenvalue weighted by molar-refractivity contribution is 0.0949. The lowest BCUT2D eigenvalue weighted by atomic mass is 10.2. The van der Waals surface area contributed by atoms with Crippen LogP contribution in [0, 0.1) is 0 Å². The molecule has 1 N–H and O–H groups in total. The van der Waals surface area contributed by atoms with E-state index in [2.05, 4.69) is 20.5 Å². The zero-order valence-corrected chi connectivity index (χ0v) is 12.9. The summed E-state index contributed by atoms with van der Waals surface area (Å²) in [6.45, 7) is 0. The van der Waals surface area contributed by atoms with Crippen LogP contribution in [0.5, 0.6) is 17.2 Å². The van der Waals surface area contributed by atoms with Gasteiger partial charge in [0.05, 0.1) is 39.3 Å². The van der Waals surface area contributed by atoms with E-state index in [-0.39, 0.29) is 5.69 Å². The molecule has 8 nitrogen and oxygen atoms in total. The molecule has 8 heteroatoms. The van der Waals surface area contributed by atoms with Crippen LogP contribution in [-0.4, -0.2) is 43.4 Å². The molecule has 1 amide bonds. The highest BCUT2D eigenvalue weighted by Gasteiger charge is 2.12. The van der Waals surface area contributed by atoms with Gasteiger partial charge in [0, 0.05) is 24.5 Å². The average molecular weight is 316 g/mol. The topological polar surface area (TPSA) is 94.9 Å². The molecule has 0 radical (unpaired) electrons. The number of benzene rings is 1. The number of carbonyl (C=O) groups is 1. The van der Waals surface area contributed by atoms with Crippen LogP contribution in [-0.2, 0) is 0 Å². The Morgan fingerprint density at radius 2 is 1.83 bits per heavy atom. The summed E-state index contributed by atoms with van der Waals surface area (Å²) in [6, 6.07) is 3.38. The van der Waals surface area contributed by atoms with Gasteiger partial charge in [-0.05, 0) is 0 Å². The number of aromatic nitrogens is 2. The van der Waals surface area contributed by atoms with Crippen molar-refractivity contribution in [3.8, 4) is 17.2 Å². The number of hydrogen-bond acceptors (Lipinski definition) is 7. The lowest BCUT2D eigenvalue weighted by Gasteiger charge is -2.12. The van der Waals surface area contributed by atoms with Crippen molar-refractivity contribution in [2.24, 2.45) is 5.10 Å². The second-order valence-corrected chi connectivity index (χ2v) is 4.24. The van der Waals surface area contributed by atoms with Gasteiger partial charge in [-0.15, -0.1) is 0 Å². The molecule has 2 rings (SSSR count). The number of hydrogen-bond donors (Lipinski definition) is 1. The van der Waals surface area contributed by atoms with Crippen molar-refractivity contribution in [3.05, 3.63) is 42.0 Å². The van der Waals surface area contributed by atoms with Crippen molar-refractivity contribution < 1.29 is 19.0 Å². The summed E-state index contributed by atoms with van der Waals surface area (Å²) in [5.41, 5.74) is 3.09. The molecule has 2 aromatic rings. The molecule has 0 saturated carbocycles. The summed E-state index contributed by atoms with van der Waals surface area (Å²) < 4.78 is 15.7. The largest absolute Gasteiger partial charge is 0.496 e. The smallest absolute Gasteiger partial charge is 0.291 e. The van der Waals surface area contributed by atoms with Gasteiger partial charge in [0.1, 0.15) is 22.9 Å². The Hall–Kier alpha value is -3.16. The number of carbonyl (C=O) groups excluding carboxylic acids is 1. The van der Waals surface area contributed by atoms with Crippen molar-refractivity contribution in [3.63, 3.8) is 0 Å². The normalized spacial score (nSPS) is 10.4. The molecule has 0 aliphatic heterocycles. The Labute approximate surface area is 133 Å². The molecular weight excluding hydrogens is 300 g/mol. The van der Waals surface area contributed by atoms with Gasteiger partial charge in [-0.25, -0.2) is 10.4 Å². The fourth-order valence-corrected chi connectivity index (χ4v) is 1.79. The maximum atomic E-state index is 11.8. The minimum atomic E-state index is -0.471. The number of ether oxygens (including phenoxy) is 3. The zero-order valence-electron chi connectivity index (χ0n) is 12.9. The van der Waals surface area contributed by atoms with Crippen molar-refractivity contribution in [1.82, 2.24) is 15.4 Å². The Balaban J connectivity index is 2.20. The highest BCUT2D eigenvalue weighted by Crippen LogP contribution is 2.32. The van der Waals surface area contributed by atoms with E-state index in [1.54, 1.807) is 19.2 Å². The first kappa shape index (κ1) is 16.2. The van der Waals surface area contributed by atoms with E-state index >= 15 is 0 Å². The fraction of sp³-hybridized carbons (Fsp3) is 0.200. The molecule has 0 aliphatic carbocycles. The van der Waals surface area contributed by atoms with Gasteiger partial charge >= 0.3 is 0 Å². The van der Waals surface area contributed by atoms with Crippen molar-refractivity contribution in [2.75, 3.05) is 21.3 Å². The number of amides is 1. The van der Waals surface area contributed by atoms with Gasteiger partial charge in [0.2, 0.25) is 0 Å². The van der Waals surface area contributed by atoms with Gasteiger partial charge in [0.15, 0.2) is 0 Å². The van der Waals surface area contributed by atoms with E-state index in [4.69, 9.17) is 14.2 Å². The van der Waals surface area contributed by atoms with Gasteiger partial charge in [0.25, 0.3) is 5.91 Å². The minimum absolute atomic E-state index is 0.165. The molecule has 0 fully saturated rings. The van der Waals surface area contributed by atoms with E-state index in [1.807, 2.05) is 0 Å². The van der Waals surface area contributed by atoms with E-state index in [0.29, 0.717) is 22.8 Å². The quantitative estimate of drug-likeness (QED) is 0.637. The summed E-state index contributed by atoms with van der Waals surface area (Å²) in [4.78, 5) is 19.5. The van der Waals surface area contributed by atoms with Crippen LogP contribution in [0.1, 0.15) is 16.1 Å². The molecule has 0 atom stereocenters. The number of methoxy groups -OCH3 is 3. The van der Waals surface area contributed by atoms with Gasteiger partial charge in [-0.3, -0.25) is 9.78 Å². The van der Waals surface area contributed by atoms with E-state index < -0.39 is 5.91 Å². The third-order valence-electron chi connectivity index (χ3n) is 2.91. The predicted octanol–water partition coefficient (Wildman–Crippen LogP) is 1.27. The number of nitrogens with zero attached hydrogens (tertiary/aromatic N) is 3. The average Bonchev–Trinajstić information content (AvgIpc) is 2.62. The first-order valence-corrected chi connectivity index (χ1v) is 6.59. The first-order chi connectivity index (χ1) is 11.2. The van der Waals surface area contributed by atoms with Crippen LogP contribution >= 0.6 is 0 Å². The molecule has 0 saturated heterocycles. The van der Waals surface area contributed by atoms with Crippen LogP contribution < -0.4 is 19.6 Å². The molecule has 0 unspecified atom stereocenters.